The van der Waals surface area contributed by atoms with Crippen LogP contribution in [0.1, 0.15) is 21.6 Å². The van der Waals surface area contributed by atoms with Gasteiger partial charge in [-0.2, -0.15) is 10.2 Å². The SMILES string of the molecule is Cc1c(CNC(=O)c2cn[nH]c2)cnn1C. The molecule has 0 bridgehead atoms. The normalized spacial score (nSPS) is 10.4. The van der Waals surface area contributed by atoms with Gasteiger partial charge in [0.05, 0.1) is 18.0 Å². The molecule has 0 atom stereocenters. The third-order valence-corrected chi connectivity index (χ3v) is 2.54. The van der Waals surface area contributed by atoms with Crippen LogP contribution in [-0.2, 0) is 13.6 Å². The molecule has 2 heterocycles. The summed E-state index contributed by atoms with van der Waals surface area (Å²) in [6, 6.07) is 0. The summed E-state index contributed by atoms with van der Waals surface area (Å²) >= 11 is 0. The van der Waals surface area contributed by atoms with E-state index in [9.17, 15) is 4.79 Å². The Morgan fingerprint density at radius 1 is 1.56 bits per heavy atom. The lowest BCUT2D eigenvalue weighted by Crippen LogP contribution is -2.22. The molecule has 2 aromatic heterocycles. The molecule has 84 valence electrons. The second kappa shape index (κ2) is 4.18. The van der Waals surface area contributed by atoms with Crippen LogP contribution in [0.5, 0.6) is 0 Å². The van der Waals surface area contributed by atoms with Gasteiger partial charge in [-0.1, -0.05) is 0 Å². The molecule has 1 amide bonds. The van der Waals surface area contributed by atoms with Crippen LogP contribution in [0.25, 0.3) is 0 Å². The van der Waals surface area contributed by atoms with Gasteiger partial charge in [0.25, 0.3) is 5.91 Å². The average Bonchev–Trinajstić information content (AvgIpc) is 2.89. The monoisotopic (exact) mass is 219 g/mol. The van der Waals surface area contributed by atoms with E-state index in [4.69, 9.17) is 0 Å². The van der Waals surface area contributed by atoms with E-state index in [1.165, 1.54) is 6.20 Å². The van der Waals surface area contributed by atoms with Gasteiger partial charge in [0, 0.05) is 31.0 Å². The van der Waals surface area contributed by atoms with E-state index >= 15 is 0 Å². The molecular weight excluding hydrogens is 206 g/mol. The fourth-order valence-corrected chi connectivity index (χ4v) is 1.37. The van der Waals surface area contributed by atoms with E-state index in [0.29, 0.717) is 12.1 Å². The number of aromatic nitrogens is 4. The van der Waals surface area contributed by atoms with Crippen molar-refractivity contribution in [2.24, 2.45) is 7.05 Å². The van der Waals surface area contributed by atoms with Crippen molar-refractivity contribution >= 4 is 5.91 Å². The van der Waals surface area contributed by atoms with Crippen LogP contribution in [0.3, 0.4) is 0 Å². The summed E-state index contributed by atoms with van der Waals surface area (Å²) in [6.45, 7) is 2.44. The minimum Gasteiger partial charge on any atom is -0.348 e. The van der Waals surface area contributed by atoms with Gasteiger partial charge in [-0.15, -0.1) is 0 Å². The molecule has 6 nitrogen and oxygen atoms in total. The van der Waals surface area contributed by atoms with Gasteiger partial charge in [-0.3, -0.25) is 14.6 Å². The Labute approximate surface area is 92.7 Å². The van der Waals surface area contributed by atoms with Crippen LogP contribution >= 0.6 is 0 Å². The number of aryl methyl sites for hydroxylation is 1. The Morgan fingerprint density at radius 3 is 2.94 bits per heavy atom. The van der Waals surface area contributed by atoms with Gasteiger partial charge in [0.15, 0.2) is 0 Å². The Bertz CT molecular complexity index is 485. The summed E-state index contributed by atoms with van der Waals surface area (Å²) in [6.07, 6.45) is 4.81. The van der Waals surface area contributed by atoms with Crippen LogP contribution in [0.2, 0.25) is 0 Å². The average molecular weight is 219 g/mol. The standard InChI is InChI=1S/C10H13N5O/c1-7-8(6-14-15(7)2)3-11-10(16)9-4-12-13-5-9/h4-6H,3H2,1-2H3,(H,11,16)(H,12,13). The van der Waals surface area contributed by atoms with E-state index in [0.717, 1.165) is 11.3 Å². The smallest absolute Gasteiger partial charge is 0.254 e. The zero-order chi connectivity index (χ0) is 11.5. The molecule has 2 aromatic rings. The second-order valence-corrected chi connectivity index (χ2v) is 3.55. The van der Waals surface area contributed by atoms with Gasteiger partial charge in [-0.05, 0) is 6.92 Å². The molecule has 0 radical (unpaired) electrons. The predicted molar refractivity (Wildman–Crippen MR) is 57.7 cm³/mol. The van der Waals surface area contributed by atoms with Crippen molar-refractivity contribution in [3.8, 4) is 0 Å². The predicted octanol–water partition coefficient (Wildman–Crippen LogP) is 0.382. The van der Waals surface area contributed by atoms with Gasteiger partial charge >= 0.3 is 0 Å². The topological polar surface area (TPSA) is 75.6 Å². The van der Waals surface area contributed by atoms with Crippen molar-refractivity contribution in [2.45, 2.75) is 13.5 Å². The van der Waals surface area contributed by atoms with E-state index in [1.807, 2.05) is 14.0 Å². The number of amides is 1. The molecule has 0 aliphatic heterocycles. The summed E-state index contributed by atoms with van der Waals surface area (Å²) in [5.74, 6) is -0.142. The summed E-state index contributed by atoms with van der Waals surface area (Å²) in [5.41, 5.74) is 2.59. The number of hydrogen-bond donors (Lipinski definition) is 2. The zero-order valence-electron chi connectivity index (χ0n) is 9.19. The summed E-state index contributed by atoms with van der Waals surface area (Å²) in [5, 5.41) is 13.2. The molecule has 16 heavy (non-hydrogen) atoms. The number of hydrogen-bond acceptors (Lipinski definition) is 3. The van der Waals surface area contributed by atoms with Crippen molar-refractivity contribution in [1.82, 2.24) is 25.3 Å². The Hall–Kier alpha value is -2.11. The molecule has 0 aromatic carbocycles. The lowest BCUT2D eigenvalue weighted by atomic mass is 10.2. The Balaban J connectivity index is 1.98. The highest BCUT2D eigenvalue weighted by Gasteiger charge is 2.08. The molecular formula is C10H13N5O. The quantitative estimate of drug-likeness (QED) is 0.783. The minimum absolute atomic E-state index is 0.142. The van der Waals surface area contributed by atoms with Gasteiger partial charge in [0.1, 0.15) is 0 Å². The maximum atomic E-state index is 11.6. The highest BCUT2D eigenvalue weighted by molar-refractivity contribution is 5.93. The third kappa shape index (κ3) is 1.95. The van der Waals surface area contributed by atoms with Crippen LogP contribution < -0.4 is 5.32 Å². The maximum Gasteiger partial charge on any atom is 0.254 e. The molecule has 0 unspecified atom stereocenters. The second-order valence-electron chi connectivity index (χ2n) is 3.55. The fraction of sp³-hybridized carbons (Fsp3) is 0.300. The number of rotatable bonds is 3. The van der Waals surface area contributed by atoms with Gasteiger partial charge in [0.2, 0.25) is 0 Å². The number of nitrogens with one attached hydrogen (secondary N) is 2. The molecule has 0 saturated heterocycles. The van der Waals surface area contributed by atoms with Gasteiger partial charge < -0.3 is 5.32 Å². The number of nitrogens with zero attached hydrogens (tertiary/aromatic N) is 3. The Kier molecular flexibility index (Phi) is 2.72. The first-order valence-corrected chi connectivity index (χ1v) is 4.93. The van der Waals surface area contributed by atoms with E-state index in [-0.39, 0.29) is 5.91 Å². The molecule has 0 aliphatic rings. The molecule has 6 heteroatoms. The highest BCUT2D eigenvalue weighted by Crippen LogP contribution is 2.05. The van der Waals surface area contributed by atoms with Gasteiger partial charge in [-0.25, -0.2) is 0 Å². The van der Waals surface area contributed by atoms with Crippen LogP contribution in [0.15, 0.2) is 18.6 Å². The highest BCUT2D eigenvalue weighted by atomic mass is 16.1. The molecule has 0 spiro atoms. The molecule has 0 aliphatic carbocycles. The first kappa shape index (κ1) is 10.4. The van der Waals surface area contributed by atoms with E-state index in [2.05, 4.69) is 20.6 Å². The number of aromatic amines is 1. The third-order valence-electron chi connectivity index (χ3n) is 2.54. The molecule has 2 rings (SSSR count). The molecule has 2 N–H and O–H groups in total. The zero-order valence-corrected chi connectivity index (χ0v) is 9.19. The fourth-order valence-electron chi connectivity index (χ4n) is 1.37. The summed E-state index contributed by atoms with van der Waals surface area (Å²) in [7, 11) is 1.87. The number of carbonyl (C=O) groups excluding carboxylic acids is 1. The summed E-state index contributed by atoms with van der Waals surface area (Å²) < 4.78 is 1.78. The first-order chi connectivity index (χ1) is 7.68. The van der Waals surface area contributed by atoms with E-state index < -0.39 is 0 Å². The largest absolute Gasteiger partial charge is 0.348 e. The molecule has 0 fully saturated rings. The van der Waals surface area contributed by atoms with Crippen molar-refractivity contribution in [3.63, 3.8) is 0 Å². The van der Waals surface area contributed by atoms with Crippen LogP contribution in [0.4, 0.5) is 0 Å². The number of H-pyrrole nitrogens is 1. The maximum absolute atomic E-state index is 11.6. The van der Waals surface area contributed by atoms with Crippen molar-refractivity contribution in [1.29, 1.82) is 0 Å². The van der Waals surface area contributed by atoms with Crippen molar-refractivity contribution in [2.75, 3.05) is 0 Å². The van der Waals surface area contributed by atoms with Crippen LogP contribution in [0, 0.1) is 6.92 Å². The minimum atomic E-state index is -0.142. The summed E-state index contributed by atoms with van der Waals surface area (Å²) in [4.78, 5) is 11.6. The van der Waals surface area contributed by atoms with Crippen LogP contribution in [-0.4, -0.2) is 25.9 Å². The Morgan fingerprint density at radius 2 is 2.38 bits per heavy atom. The van der Waals surface area contributed by atoms with Crippen molar-refractivity contribution < 1.29 is 4.79 Å². The molecule has 0 saturated carbocycles. The van der Waals surface area contributed by atoms with Crippen molar-refractivity contribution in [3.05, 3.63) is 35.4 Å². The van der Waals surface area contributed by atoms with E-state index in [1.54, 1.807) is 17.1 Å². The lowest BCUT2D eigenvalue weighted by Gasteiger charge is -2.02. The first-order valence-electron chi connectivity index (χ1n) is 4.93. The number of carbonyl (C=O) groups is 1. The lowest BCUT2D eigenvalue weighted by molar-refractivity contribution is 0.0951.